The van der Waals surface area contributed by atoms with Gasteiger partial charge in [0.15, 0.2) is 6.61 Å². The summed E-state index contributed by atoms with van der Waals surface area (Å²) in [6, 6.07) is 14.4. The summed E-state index contributed by atoms with van der Waals surface area (Å²) in [5.74, 6) is -1.15. The van der Waals surface area contributed by atoms with Crippen LogP contribution in [0.3, 0.4) is 0 Å². The summed E-state index contributed by atoms with van der Waals surface area (Å²) in [6.07, 6.45) is 1.70. The van der Waals surface area contributed by atoms with Crippen LogP contribution in [0.25, 0.3) is 0 Å². The van der Waals surface area contributed by atoms with Gasteiger partial charge in [0.2, 0.25) is 10.0 Å². The molecule has 7 nitrogen and oxygen atoms in total. The standard InChI is InChI=1S/C19H20N2O5S/c22-18(14-26-19(23)15-7-2-1-3-8-15)20-16-9-6-10-17(13-16)27(24,25)21-11-4-5-12-21/h1-3,6-10,13H,4-5,11-12,14H2,(H,20,22). The lowest BCUT2D eigenvalue weighted by atomic mass is 10.2. The van der Waals surface area contributed by atoms with Crippen LogP contribution in [0, 0.1) is 0 Å². The van der Waals surface area contributed by atoms with Gasteiger partial charge in [0.25, 0.3) is 5.91 Å². The number of amides is 1. The van der Waals surface area contributed by atoms with Crippen molar-refractivity contribution in [2.24, 2.45) is 0 Å². The molecule has 1 aliphatic heterocycles. The first-order valence-corrected chi connectivity index (χ1v) is 10.0. The number of rotatable bonds is 6. The number of ether oxygens (including phenoxy) is 1. The van der Waals surface area contributed by atoms with Gasteiger partial charge in [0.05, 0.1) is 10.5 Å². The average Bonchev–Trinajstić information content (AvgIpc) is 3.23. The Balaban J connectivity index is 1.61. The van der Waals surface area contributed by atoms with E-state index in [1.165, 1.54) is 16.4 Å². The predicted octanol–water partition coefficient (Wildman–Crippen LogP) is 2.27. The van der Waals surface area contributed by atoms with Crippen LogP contribution in [-0.2, 0) is 19.6 Å². The van der Waals surface area contributed by atoms with Crippen LogP contribution in [0.2, 0.25) is 0 Å². The monoisotopic (exact) mass is 388 g/mol. The normalized spacial score (nSPS) is 14.7. The van der Waals surface area contributed by atoms with Gasteiger partial charge in [-0.1, -0.05) is 24.3 Å². The van der Waals surface area contributed by atoms with Crippen molar-refractivity contribution in [3.8, 4) is 0 Å². The van der Waals surface area contributed by atoms with E-state index < -0.39 is 28.5 Å². The number of carbonyl (C=O) groups excluding carboxylic acids is 2. The Bertz CT molecular complexity index is 922. The summed E-state index contributed by atoms with van der Waals surface area (Å²) in [4.78, 5) is 24.0. The van der Waals surface area contributed by atoms with E-state index in [1.807, 2.05) is 0 Å². The highest BCUT2D eigenvalue weighted by molar-refractivity contribution is 7.89. The average molecular weight is 388 g/mol. The topological polar surface area (TPSA) is 92.8 Å². The Morgan fingerprint density at radius 1 is 1.00 bits per heavy atom. The quantitative estimate of drug-likeness (QED) is 0.767. The molecule has 0 radical (unpaired) electrons. The summed E-state index contributed by atoms with van der Waals surface area (Å²) < 4.78 is 31.6. The molecule has 2 aromatic carbocycles. The number of hydrogen-bond acceptors (Lipinski definition) is 5. The van der Waals surface area contributed by atoms with Crippen LogP contribution in [0.15, 0.2) is 59.5 Å². The van der Waals surface area contributed by atoms with Crippen molar-refractivity contribution in [3.63, 3.8) is 0 Å². The van der Waals surface area contributed by atoms with Crippen LogP contribution in [0.1, 0.15) is 23.2 Å². The highest BCUT2D eigenvalue weighted by Gasteiger charge is 2.27. The lowest BCUT2D eigenvalue weighted by Gasteiger charge is -2.16. The third kappa shape index (κ3) is 4.72. The van der Waals surface area contributed by atoms with E-state index in [4.69, 9.17) is 4.74 Å². The van der Waals surface area contributed by atoms with Crippen molar-refractivity contribution in [1.82, 2.24) is 4.31 Å². The molecule has 1 N–H and O–H groups in total. The minimum absolute atomic E-state index is 0.128. The van der Waals surface area contributed by atoms with Gasteiger partial charge in [-0.3, -0.25) is 4.79 Å². The smallest absolute Gasteiger partial charge is 0.338 e. The highest BCUT2D eigenvalue weighted by Crippen LogP contribution is 2.23. The van der Waals surface area contributed by atoms with Crippen molar-refractivity contribution >= 4 is 27.6 Å². The molecule has 0 aromatic heterocycles. The minimum atomic E-state index is -3.56. The molecule has 0 saturated carbocycles. The second-order valence-electron chi connectivity index (χ2n) is 6.13. The molecule has 0 bridgehead atoms. The summed E-state index contributed by atoms with van der Waals surface area (Å²) in [5.41, 5.74) is 0.681. The van der Waals surface area contributed by atoms with Crippen LogP contribution >= 0.6 is 0 Å². The molecule has 0 aliphatic carbocycles. The maximum atomic E-state index is 12.6. The second-order valence-corrected chi connectivity index (χ2v) is 8.07. The number of benzene rings is 2. The second kappa shape index (κ2) is 8.32. The van der Waals surface area contributed by atoms with Crippen molar-refractivity contribution in [2.75, 3.05) is 25.0 Å². The number of hydrogen-bond donors (Lipinski definition) is 1. The summed E-state index contributed by atoms with van der Waals surface area (Å²) in [7, 11) is -3.56. The molecule has 0 atom stereocenters. The molecule has 1 fully saturated rings. The summed E-state index contributed by atoms with van der Waals surface area (Å²) in [6.45, 7) is 0.555. The molecule has 2 aromatic rings. The van der Waals surface area contributed by atoms with E-state index in [0.29, 0.717) is 24.3 Å². The first-order chi connectivity index (χ1) is 13.0. The molecule has 1 heterocycles. The Labute approximate surface area is 158 Å². The molecular formula is C19H20N2O5S. The Morgan fingerprint density at radius 2 is 1.70 bits per heavy atom. The maximum Gasteiger partial charge on any atom is 0.338 e. The summed E-state index contributed by atoms with van der Waals surface area (Å²) >= 11 is 0. The van der Waals surface area contributed by atoms with E-state index >= 15 is 0 Å². The molecule has 8 heteroatoms. The number of nitrogens with one attached hydrogen (secondary N) is 1. The number of carbonyl (C=O) groups is 2. The largest absolute Gasteiger partial charge is 0.452 e. The predicted molar refractivity (Wildman–Crippen MR) is 99.8 cm³/mol. The van der Waals surface area contributed by atoms with Gasteiger partial charge >= 0.3 is 5.97 Å². The van der Waals surface area contributed by atoms with E-state index in [0.717, 1.165) is 12.8 Å². The lowest BCUT2D eigenvalue weighted by molar-refractivity contribution is -0.119. The van der Waals surface area contributed by atoms with Crippen molar-refractivity contribution in [2.45, 2.75) is 17.7 Å². The van der Waals surface area contributed by atoms with Gasteiger partial charge in [0, 0.05) is 18.8 Å². The Morgan fingerprint density at radius 3 is 2.41 bits per heavy atom. The van der Waals surface area contributed by atoms with Gasteiger partial charge in [-0.2, -0.15) is 4.31 Å². The fourth-order valence-corrected chi connectivity index (χ4v) is 4.36. The van der Waals surface area contributed by atoms with E-state index in [2.05, 4.69) is 5.32 Å². The number of esters is 1. The van der Waals surface area contributed by atoms with Crippen LogP contribution in [0.5, 0.6) is 0 Å². The molecule has 0 unspecified atom stereocenters. The van der Waals surface area contributed by atoms with Crippen LogP contribution in [0.4, 0.5) is 5.69 Å². The lowest BCUT2D eigenvalue weighted by Crippen LogP contribution is -2.28. The van der Waals surface area contributed by atoms with E-state index in [9.17, 15) is 18.0 Å². The molecule has 3 rings (SSSR count). The first-order valence-electron chi connectivity index (χ1n) is 8.59. The summed E-state index contributed by atoms with van der Waals surface area (Å²) in [5, 5.41) is 2.55. The van der Waals surface area contributed by atoms with E-state index in [-0.39, 0.29) is 4.90 Å². The molecule has 1 amide bonds. The van der Waals surface area contributed by atoms with Crippen molar-refractivity contribution < 1.29 is 22.7 Å². The van der Waals surface area contributed by atoms with Gasteiger partial charge in [-0.05, 0) is 43.2 Å². The zero-order valence-corrected chi connectivity index (χ0v) is 15.4. The fourth-order valence-electron chi connectivity index (χ4n) is 2.80. The van der Waals surface area contributed by atoms with Gasteiger partial charge < -0.3 is 10.1 Å². The Hall–Kier alpha value is -2.71. The van der Waals surface area contributed by atoms with Crippen molar-refractivity contribution in [3.05, 3.63) is 60.2 Å². The van der Waals surface area contributed by atoms with E-state index in [1.54, 1.807) is 42.5 Å². The number of anilines is 1. The molecule has 1 aliphatic rings. The zero-order valence-electron chi connectivity index (χ0n) is 14.6. The van der Waals surface area contributed by atoms with Gasteiger partial charge in [-0.25, -0.2) is 13.2 Å². The fraction of sp³-hybridized carbons (Fsp3) is 0.263. The number of nitrogens with zero attached hydrogens (tertiary/aromatic N) is 1. The third-order valence-electron chi connectivity index (χ3n) is 4.16. The van der Waals surface area contributed by atoms with Crippen LogP contribution < -0.4 is 5.32 Å². The maximum absolute atomic E-state index is 12.6. The third-order valence-corrected chi connectivity index (χ3v) is 6.06. The van der Waals surface area contributed by atoms with Gasteiger partial charge in [-0.15, -0.1) is 0 Å². The Kier molecular flexibility index (Phi) is 5.88. The highest BCUT2D eigenvalue weighted by atomic mass is 32.2. The van der Waals surface area contributed by atoms with Gasteiger partial charge in [0.1, 0.15) is 0 Å². The minimum Gasteiger partial charge on any atom is -0.452 e. The molecular weight excluding hydrogens is 368 g/mol. The van der Waals surface area contributed by atoms with Crippen LogP contribution in [-0.4, -0.2) is 44.3 Å². The first kappa shape index (κ1) is 19.1. The SMILES string of the molecule is O=C(COC(=O)c1ccccc1)Nc1cccc(S(=O)(=O)N2CCCC2)c1. The van der Waals surface area contributed by atoms with Crippen molar-refractivity contribution in [1.29, 1.82) is 0 Å². The molecule has 142 valence electrons. The molecule has 0 spiro atoms. The number of sulfonamides is 1. The molecule has 1 saturated heterocycles. The zero-order chi connectivity index (χ0) is 19.3. The molecule has 27 heavy (non-hydrogen) atoms.